The Bertz CT molecular complexity index is 566. The highest BCUT2D eigenvalue weighted by Gasteiger charge is 2.35. The highest BCUT2D eigenvalue weighted by atomic mass is 15.3. The Balaban J connectivity index is 2.24. The van der Waals surface area contributed by atoms with E-state index in [1.54, 1.807) is 0 Å². The highest BCUT2D eigenvalue weighted by molar-refractivity contribution is 5.34. The SMILES string of the molecule is Cc1cc(C)n2c(C3(C)CCNC3)nnc2n1. The molecule has 0 bridgehead atoms. The molecule has 1 atom stereocenters. The minimum Gasteiger partial charge on any atom is -0.316 e. The first kappa shape index (κ1) is 10.7. The van der Waals surface area contributed by atoms with Gasteiger partial charge in [-0.3, -0.25) is 4.40 Å². The van der Waals surface area contributed by atoms with E-state index in [4.69, 9.17) is 0 Å². The van der Waals surface area contributed by atoms with Gasteiger partial charge in [-0.1, -0.05) is 6.92 Å². The van der Waals surface area contributed by atoms with Crippen LogP contribution in [0.2, 0.25) is 0 Å². The van der Waals surface area contributed by atoms with Gasteiger partial charge in [0.1, 0.15) is 5.82 Å². The Morgan fingerprint density at radius 1 is 1.35 bits per heavy atom. The van der Waals surface area contributed by atoms with E-state index in [0.717, 1.165) is 36.7 Å². The first-order valence-corrected chi connectivity index (χ1v) is 6.01. The second-order valence-corrected chi connectivity index (χ2v) is 5.19. The van der Waals surface area contributed by atoms with E-state index in [9.17, 15) is 0 Å². The summed E-state index contributed by atoms with van der Waals surface area (Å²) in [5.74, 6) is 1.74. The number of fused-ring (bicyclic) bond motifs is 1. The quantitative estimate of drug-likeness (QED) is 0.795. The molecular weight excluding hydrogens is 214 g/mol. The molecule has 5 nitrogen and oxygen atoms in total. The third-order valence-corrected chi connectivity index (χ3v) is 3.60. The maximum atomic E-state index is 4.43. The Morgan fingerprint density at radius 2 is 2.18 bits per heavy atom. The molecular formula is C12H17N5. The monoisotopic (exact) mass is 231 g/mol. The van der Waals surface area contributed by atoms with Crippen molar-refractivity contribution in [3.63, 3.8) is 0 Å². The summed E-state index contributed by atoms with van der Waals surface area (Å²) in [6, 6.07) is 2.08. The van der Waals surface area contributed by atoms with Crippen LogP contribution in [0.15, 0.2) is 6.07 Å². The van der Waals surface area contributed by atoms with Crippen molar-refractivity contribution in [1.82, 2.24) is 24.9 Å². The van der Waals surface area contributed by atoms with Crippen LogP contribution in [0.1, 0.15) is 30.6 Å². The van der Waals surface area contributed by atoms with Gasteiger partial charge >= 0.3 is 0 Å². The van der Waals surface area contributed by atoms with Gasteiger partial charge in [0.2, 0.25) is 0 Å². The Hall–Kier alpha value is -1.49. The van der Waals surface area contributed by atoms with Crippen LogP contribution in [0, 0.1) is 13.8 Å². The molecule has 0 aliphatic carbocycles. The van der Waals surface area contributed by atoms with Gasteiger partial charge in [-0.2, -0.15) is 0 Å². The van der Waals surface area contributed by atoms with Gasteiger partial charge in [0.05, 0.1) is 0 Å². The average molecular weight is 231 g/mol. The average Bonchev–Trinajstić information content (AvgIpc) is 2.84. The lowest BCUT2D eigenvalue weighted by Gasteiger charge is -2.20. The summed E-state index contributed by atoms with van der Waals surface area (Å²) < 4.78 is 2.08. The van der Waals surface area contributed by atoms with Crippen molar-refractivity contribution >= 4 is 5.78 Å². The zero-order valence-electron chi connectivity index (χ0n) is 10.5. The Kier molecular flexibility index (Phi) is 2.19. The van der Waals surface area contributed by atoms with Gasteiger partial charge < -0.3 is 5.32 Å². The van der Waals surface area contributed by atoms with Crippen LogP contribution in [0.3, 0.4) is 0 Å². The molecule has 0 radical (unpaired) electrons. The van der Waals surface area contributed by atoms with E-state index in [0.29, 0.717) is 5.78 Å². The molecule has 3 heterocycles. The van der Waals surface area contributed by atoms with E-state index in [2.05, 4.69) is 44.8 Å². The Morgan fingerprint density at radius 3 is 2.88 bits per heavy atom. The topological polar surface area (TPSA) is 55.1 Å². The lowest BCUT2D eigenvalue weighted by Crippen LogP contribution is -2.28. The third-order valence-electron chi connectivity index (χ3n) is 3.60. The number of aromatic nitrogens is 4. The van der Waals surface area contributed by atoms with Crippen molar-refractivity contribution in [1.29, 1.82) is 0 Å². The summed E-state index contributed by atoms with van der Waals surface area (Å²) in [6.07, 6.45) is 1.10. The molecule has 1 saturated heterocycles. The van der Waals surface area contributed by atoms with Gasteiger partial charge in [-0.15, -0.1) is 10.2 Å². The lowest BCUT2D eigenvalue weighted by atomic mass is 9.89. The van der Waals surface area contributed by atoms with Crippen molar-refractivity contribution in [3.8, 4) is 0 Å². The van der Waals surface area contributed by atoms with E-state index >= 15 is 0 Å². The molecule has 0 aromatic carbocycles. The van der Waals surface area contributed by atoms with Crippen molar-refractivity contribution in [2.45, 2.75) is 32.6 Å². The minimum absolute atomic E-state index is 0.0706. The number of hydrogen-bond acceptors (Lipinski definition) is 4. The molecule has 2 aromatic heterocycles. The van der Waals surface area contributed by atoms with Crippen LogP contribution in [-0.4, -0.2) is 32.7 Å². The van der Waals surface area contributed by atoms with Crippen molar-refractivity contribution < 1.29 is 0 Å². The number of nitrogens with zero attached hydrogens (tertiary/aromatic N) is 4. The van der Waals surface area contributed by atoms with Crippen LogP contribution < -0.4 is 5.32 Å². The van der Waals surface area contributed by atoms with Gasteiger partial charge in [-0.25, -0.2) is 4.98 Å². The standard InChI is InChI=1S/C12H17N5/c1-8-6-9(2)17-10(15-16-11(17)14-8)12(3)4-5-13-7-12/h6,13H,4-5,7H2,1-3H3. The second kappa shape index (κ2) is 3.50. The first-order chi connectivity index (χ1) is 8.10. The number of nitrogens with one attached hydrogen (secondary N) is 1. The van der Waals surface area contributed by atoms with Gasteiger partial charge in [0, 0.05) is 23.3 Å². The number of hydrogen-bond donors (Lipinski definition) is 1. The van der Waals surface area contributed by atoms with Crippen LogP contribution >= 0.6 is 0 Å². The summed E-state index contributed by atoms with van der Waals surface area (Å²) in [5, 5.41) is 12.0. The molecule has 3 rings (SSSR count). The maximum absolute atomic E-state index is 4.43. The normalized spacial score (nSPS) is 24.6. The molecule has 1 N–H and O–H groups in total. The molecule has 0 spiro atoms. The van der Waals surface area contributed by atoms with Crippen molar-refractivity contribution in [3.05, 3.63) is 23.3 Å². The van der Waals surface area contributed by atoms with Gasteiger partial charge in [0.25, 0.3) is 5.78 Å². The highest BCUT2D eigenvalue weighted by Crippen LogP contribution is 2.29. The molecule has 0 amide bonds. The van der Waals surface area contributed by atoms with Crippen LogP contribution in [0.4, 0.5) is 0 Å². The van der Waals surface area contributed by atoms with E-state index in [1.165, 1.54) is 0 Å². The van der Waals surface area contributed by atoms with E-state index < -0.39 is 0 Å². The minimum atomic E-state index is 0.0706. The number of aryl methyl sites for hydroxylation is 2. The number of rotatable bonds is 1. The third kappa shape index (κ3) is 1.53. The lowest BCUT2D eigenvalue weighted by molar-refractivity contribution is 0.482. The summed E-state index contributed by atoms with van der Waals surface area (Å²) in [7, 11) is 0. The van der Waals surface area contributed by atoms with Crippen LogP contribution in [0.25, 0.3) is 5.78 Å². The fraction of sp³-hybridized carbons (Fsp3) is 0.583. The molecule has 90 valence electrons. The first-order valence-electron chi connectivity index (χ1n) is 6.01. The predicted octanol–water partition coefficient (Wildman–Crippen LogP) is 0.992. The zero-order chi connectivity index (χ0) is 12.0. The zero-order valence-corrected chi connectivity index (χ0v) is 10.5. The molecule has 1 unspecified atom stereocenters. The van der Waals surface area contributed by atoms with Crippen LogP contribution in [0.5, 0.6) is 0 Å². The van der Waals surface area contributed by atoms with Gasteiger partial charge in [0.15, 0.2) is 0 Å². The molecule has 1 aliphatic heterocycles. The second-order valence-electron chi connectivity index (χ2n) is 5.19. The molecule has 1 aliphatic rings. The van der Waals surface area contributed by atoms with Gasteiger partial charge in [-0.05, 0) is 32.9 Å². The predicted molar refractivity (Wildman–Crippen MR) is 65.1 cm³/mol. The largest absolute Gasteiger partial charge is 0.316 e. The van der Waals surface area contributed by atoms with Crippen LogP contribution in [-0.2, 0) is 5.41 Å². The summed E-state index contributed by atoms with van der Waals surface area (Å²) in [4.78, 5) is 4.43. The van der Waals surface area contributed by atoms with E-state index in [-0.39, 0.29) is 5.41 Å². The summed E-state index contributed by atoms with van der Waals surface area (Å²) in [6.45, 7) is 8.31. The fourth-order valence-corrected chi connectivity index (χ4v) is 2.63. The van der Waals surface area contributed by atoms with Crippen molar-refractivity contribution in [2.75, 3.05) is 13.1 Å². The molecule has 0 saturated carbocycles. The van der Waals surface area contributed by atoms with Crippen molar-refractivity contribution in [2.24, 2.45) is 0 Å². The molecule has 17 heavy (non-hydrogen) atoms. The fourth-order valence-electron chi connectivity index (χ4n) is 2.63. The smallest absolute Gasteiger partial charge is 0.255 e. The maximum Gasteiger partial charge on any atom is 0.255 e. The summed E-state index contributed by atoms with van der Waals surface area (Å²) in [5.41, 5.74) is 2.21. The molecule has 1 fully saturated rings. The van der Waals surface area contributed by atoms with E-state index in [1.807, 2.05) is 6.92 Å². The Labute approximate surface area is 100 Å². The molecule has 5 heteroatoms. The molecule has 2 aromatic rings. The summed E-state index contributed by atoms with van der Waals surface area (Å²) >= 11 is 0.